The van der Waals surface area contributed by atoms with Gasteiger partial charge in [0.25, 0.3) is 0 Å². The molecule has 1 aliphatic rings. The van der Waals surface area contributed by atoms with Crippen molar-refractivity contribution >= 4 is 17.6 Å². The molecule has 1 aromatic heterocycles. The lowest BCUT2D eigenvalue weighted by Crippen LogP contribution is -2.16. The van der Waals surface area contributed by atoms with Gasteiger partial charge in [-0.3, -0.25) is 0 Å². The number of nitrogens with two attached hydrogens (primary N) is 1. The number of hydrazine groups is 1. The largest absolute Gasteiger partial charge is 0.377 e. The molecule has 0 radical (unpaired) electrons. The van der Waals surface area contributed by atoms with Gasteiger partial charge >= 0.3 is 0 Å². The van der Waals surface area contributed by atoms with Crippen LogP contribution < -0.4 is 11.3 Å². The van der Waals surface area contributed by atoms with E-state index >= 15 is 0 Å². The number of aromatic nitrogens is 2. The van der Waals surface area contributed by atoms with Crippen LogP contribution in [0.25, 0.3) is 0 Å². The Morgan fingerprint density at radius 2 is 2.32 bits per heavy atom. The van der Waals surface area contributed by atoms with E-state index in [1.165, 1.54) is 25.7 Å². The smallest absolute Gasteiger partial charge is 0.157 e. The van der Waals surface area contributed by atoms with Crippen molar-refractivity contribution in [2.45, 2.75) is 49.5 Å². The van der Waals surface area contributed by atoms with Gasteiger partial charge in [0, 0.05) is 18.4 Å². The van der Waals surface area contributed by atoms with Crippen molar-refractivity contribution in [1.82, 2.24) is 9.97 Å². The van der Waals surface area contributed by atoms with Crippen molar-refractivity contribution in [1.29, 1.82) is 0 Å². The fraction of sp³-hybridized carbons (Fsp3) is 0.692. The van der Waals surface area contributed by atoms with Crippen LogP contribution in [0.3, 0.4) is 0 Å². The second kappa shape index (κ2) is 7.07. The van der Waals surface area contributed by atoms with Crippen LogP contribution in [-0.4, -0.2) is 22.3 Å². The Bertz CT molecular complexity index is 416. The second-order valence-corrected chi connectivity index (χ2v) is 6.42. The Morgan fingerprint density at radius 1 is 1.47 bits per heavy atom. The SMILES string of the molecule is COCc1nc(NN)cc(SC2CCCC(C)C2)n1. The van der Waals surface area contributed by atoms with Gasteiger partial charge < -0.3 is 10.2 Å². The maximum absolute atomic E-state index is 5.45. The summed E-state index contributed by atoms with van der Waals surface area (Å²) >= 11 is 1.84. The molecular weight excluding hydrogens is 260 g/mol. The summed E-state index contributed by atoms with van der Waals surface area (Å²) in [6.07, 6.45) is 5.20. The van der Waals surface area contributed by atoms with Gasteiger partial charge in [-0.1, -0.05) is 19.8 Å². The van der Waals surface area contributed by atoms with Gasteiger partial charge in [-0.05, 0) is 18.8 Å². The highest BCUT2D eigenvalue weighted by atomic mass is 32.2. The third-order valence-corrected chi connectivity index (χ3v) is 4.56. The van der Waals surface area contributed by atoms with E-state index in [0.29, 0.717) is 23.5 Å². The molecule has 106 valence electrons. The first kappa shape index (κ1) is 14.6. The molecule has 0 spiro atoms. The zero-order chi connectivity index (χ0) is 13.7. The molecule has 5 nitrogen and oxygen atoms in total. The topological polar surface area (TPSA) is 73.1 Å². The normalized spacial score (nSPS) is 23.3. The van der Waals surface area contributed by atoms with E-state index in [-0.39, 0.29) is 0 Å². The van der Waals surface area contributed by atoms with Crippen LogP contribution in [0.4, 0.5) is 5.82 Å². The van der Waals surface area contributed by atoms with Gasteiger partial charge in [0.05, 0.1) is 0 Å². The van der Waals surface area contributed by atoms with Crippen LogP contribution in [-0.2, 0) is 11.3 Å². The molecule has 1 fully saturated rings. The quantitative estimate of drug-likeness (QED) is 0.491. The summed E-state index contributed by atoms with van der Waals surface area (Å²) in [6.45, 7) is 2.74. The first-order chi connectivity index (χ1) is 9.21. The molecule has 6 heteroatoms. The summed E-state index contributed by atoms with van der Waals surface area (Å²) in [5.41, 5.74) is 2.59. The number of ether oxygens (including phenoxy) is 1. The summed E-state index contributed by atoms with van der Waals surface area (Å²) in [5, 5.41) is 1.63. The Kier molecular flexibility index (Phi) is 5.42. The fourth-order valence-electron chi connectivity index (χ4n) is 2.46. The zero-order valence-electron chi connectivity index (χ0n) is 11.6. The third kappa shape index (κ3) is 4.33. The Labute approximate surface area is 118 Å². The molecule has 1 aromatic rings. The van der Waals surface area contributed by atoms with Gasteiger partial charge in [0.1, 0.15) is 17.5 Å². The molecule has 1 aliphatic carbocycles. The number of thioether (sulfide) groups is 1. The molecule has 1 heterocycles. The van der Waals surface area contributed by atoms with Crippen LogP contribution in [0.1, 0.15) is 38.4 Å². The molecule has 2 atom stereocenters. The first-order valence-electron chi connectivity index (χ1n) is 6.71. The molecule has 0 saturated heterocycles. The number of hydrogen-bond acceptors (Lipinski definition) is 6. The van der Waals surface area contributed by atoms with Crippen molar-refractivity contribution in [2.24, 2.45) is 11.8 Å². The maximum Gasteiger partial charge on any atom is 0.157 e. The van der Waals surface area contributed by atoms with Gasteiger partial charge in [-0.2, -0.15) is 0 Å². The Hall–Kier alpha value is -0.850. The molecule has 2 unspecified atom stereocenters. The lowest BCUT2D eigenvalue weighted by Gasteiger charge is -2.25. The average Bonchev–Trinajstić information content (AvgIpc) is 2.39. The monoisotopic (exact) mass is 282 g/mol. The van der Waals surface area contributed by atoms with Crippen molar-refractivity contribution in [3.05, 3.63) is 11.9 Å². The lowest BCUT2D eigenvalue weighted by molar-refractivity contribution is 0.177. The molecule has 0 aromatic carbocycles. The number of nitrogens with zero attached hydrogens (tertiary/aromatic N) is 2. The summed E-state index contributed by atoms with van der Waals surface area (Å²) < 4.78 is 5.09. The van der Waals surface area contributed by atoms with E-state index in [0.717, 1.165) is 10.9 Å². The predicted molar refractivity (Wildman–Crippen MR) is 77.8 cm³/mol. The fourth-order valence-corrected chi connectivity index (χ4v) is 3.85. The van der Waals surface area contributed by atoms with Gasteiger partial charge in [-0.25, -0.2) is 15.8 Å². The molecule has 19 heavy (non-hydrogen) atoms. The van der Waals surface area contributed by atoms with E-state index in [9.17, 15) is 0 Å². The highest BCUT2D eigenvalue weighted by molar-refractivity contribution is 7.99. The molecule has 3 N–H and O–H groups in total. The highest BCUT2D eigenvalue weighted by Gasteiger charge is 2.20. The van der Waals surface area contributed by atoms with Crippen LogP contribution in [0.2, 0.25) is 0 Å². The number of nitrogen functional groups attached to an aromatic ring is 1. The summed E-state index contributed by atoms with van der Waals surface area (Å²) in [6, 6.07) is 1.91. The number of methoxy groups -OCH3 is 1. The Morgan fingerprint density at radius 3 is 3.00 bits per heavy atom. The molecule has 0 bridgehead atoms. The van der Waals surface area contributed by atoms with E-state index in [1.54, 1.807) is 7.11 Å². The zero-order valence-corrected chi connectivity index (χ0v) is 12.4. The summed E-state index contributed by atoms with van der Waals surface area (Å²) in [7, 11) is 1.64. The number of hydrogen-bond donors (Lipinski definition) is 2. The van der Waals surface area contributed by atoms with Crippen molar-refractivity contribution in [3.63, 3.8) is 0 Å². The van der Waals surface area contributed by atoms with E-state index < -0.39 is 0 Å². The first-order valence-corrected chi connectivity index (χ1v) is 7.59. The molecule has 1 saturated carbocycles. The van der Waals surface area contributed by atoms with Gasteiger partial charge in [0.2, 0.25) is 0 Å². The number of rotatable bonds is 5. The minimum atomic E-state index is 0.407. The molecule has 2 rings (SSSR count). The third-order valence-electron chi connectivity index (χ3n) is 3.35. The maximum atomic E-state index is 5.45. The summed E-state index contributed by atoms with van der Waals surface area (Å²) in [5.74, 6) is 7.58. The van der Waals surface area contributed by atoms with Crippen LogP contribution in [0.5, 0.6) is 0 Å². The minimum absolute atomic E-state index is 0.407. The van der Waals surface area contributed by atoms with E-state index in [2.05, 4.69) is 22.3 Å². The molecule has 0 aliphatic heterocycles. The second-order valence-electron chi connectivity index (χ2n) is 5.10. The van der Waals surface area contributed by atoms with Crippen LogP contribution in [0, 0.1) is 5.92 Å². The predicted octanol–water partition coefficient (Wildman–Crippen LogP) is 2.58. The standard InChI is InChI=1S/C13H22N4OS/c1-9-4-3-5-10(6-9)19-13-7-11(17-14)15-12(16-13)8-18-2/h7,9-10H,3-6,8,14H2,1-2H3,(H,15,16,17). The number of nitrogens with one attached hydrogen (secondary N) is 1. The summed E-state index contributed by atoms with van der Waals surface area (Å²) in [4.78, 5) is 8.79. The molecular formula is C13H22N4OS. The molecule has 0 amide bonds. The van der Waals surface area contributed by atoms with Crippen LogP contribution in [0.15, 0.2) is 11.1 Å². The van der Waals surface area contributed by atoms with Gasteiger partial charge in [0.15, 0.2) is 5.82 Å². The minimum Gasteiger partial charge on any atom is -0.377 e. The van der Waals surface area contributed by atoms with E-state index in [1.807, 2.05) is 17.8 Å². The van der Waals surface area contributed by atoms with Crippen LogP contribution >= 0.6 is 11.8 Å². The Balaban J connectivity index is 2.07. The average molecular weight is 282 g/mol. The lowest BCUT2D eigenvalue weighted by atomic mass is 9.91. The van der Waals surface area contributed by atoms with E-state index in [4.69, 9.17) is 10.6 Å². The van der Waals surface area contributed by atoms with Gasteiger partial charge in [-0.15, -0.1) is 11.8 Å². The highest BCUT2D eigenvalue weighted by Crippen LogP contribution is 2.35. The van der Waals surface area contributed by atoms with Crippen molar-refractivity contribution in [3.8, 4) is 0 Å². The number of anilines is 1. The van der Waals surface area contributed by atoms with Crippen molar-refractivity contribution < 1.29 is 4.74 Å². The van der Waals surface area contributed by atoms with Crippen molar-refractivity contribution in [2.75, 3.05) is 12.5 Å².